The molecule has 3 unspecified atom stereocenters. The number of nitrogens with one attached hydrogen (secondary N) is 3. The number of aliphatic hydroxyl groups excluding tert-OH is 1. The largest absolute Gasteiger partial charge is 0.392 e. The van der Waals surface area contributed by atoms with E-state index < -0.39 is 6.29 Å². The summed E-state index contributed by atoms with van der Waals surface area (Å²) in [6.45, 7) is 2.94. The molecule has 2 heterocycles. The van der Waals surface area contributed by atoms with Crippen LogP contribution in [0.4, 0.5) is 4.79 Å². The lowest BCUT2D eigenvalue weighted by Gasteiger charge is -2.36. The molecule has 1 aliphatic rings. The molecule has 4 N–H and O–H groups in total. The number of carbonyl (C=O) groups is 1. The first kappa shape index (κ1) is 27.9. The third kappa shape index (κ3) is 7.28. The summed E-state index contributed by atoms with van der Waals surface area (Å²) in [4.78, 5) is 16.0. The van der Waals surface area contributed by atoms with Gasteiger partial charge in [0.25, 0.3) is 0 Å². The van der Waals surface area contributed by atoms with Crippen LogP contribution in [0.5, 0.6) is 0 Å². The van der Waals surface area contributed by atoms with Crippen LogP contribution in [-0.4, -0.2) is 44.7 Å². The summed E-state index contributed by atoms with van der Waals surface area (Å²) in [5.74, 6) is 0.704. The molecule has 0 saturated carbocycles. The molecule has 0 radical (unpaired) electrons. The SMILES string of the molecule is CCNC(=O)NCc1cccc(-c2ccc(C3OC(CSc4ncn[nH]4)CC(c4ccc(CO)cc4)O3)cc2)c1. The minimum atomic E-state index is -0.529. The van der Waals surface area contributed by atoms with Crippen molar-refractivity contribution in [2.75, 3.05) is 12.3 Å². The van der Waals surface area contributed by atoms with Gasteiger partial charge < -0.3 is 25.2 Å². The van der Waals surface area contributed by atoms with Gasteiger partial charge >= 0.3 is 6.03 Å². The number of urea groups is 1. The number of hydrogen-bond acceptors (Lipinski definition) is 7. The summed E-state index contributed by atoms with van der Waals surface area (Å²) in [5, 5.41) is 22.6. The van der Waals surface area contributed by atoms with Crippen LogP contribution in [0.3, 0.4) is 0 Å². The number of carbonyl (C=O) groups excluding carboxylic acids is 1. The zero-order valence-electron chi connectivity index (χ0n) is 22.2. The van der Waals surface area contributed by atoms with Gasteiger partial charge in [0.05, 0.1) is 18.8 Å². The van der Waals surface area contributed by atoms with Crippen LogP contribution >= 0.6 is 11.8 Å². The van der Waals surface area contributed by atoms with Crippen molar-refractivity contribution >= 4 is 17.8 Å². The van der Waals surface area contributed by atoms with Crippen molar-refractivity contribution in [2.24, 2.45) is 0 Å². The molecule has 2 amide bonds. The van der Waals surface area contributed by atoms with Crippen LogP contribution in [0, 0.1) is 0 Å². The standard InChI is InChI=1S/C30H33N5O4S/c1-2-31-29(37)32-16-21-4-3-5-25(14-21)22-10-12-24(13-11-22)28-38-26(18-40-30-33-19-34-35-30)15-27(39-28)23-8-6-20(17-36)7-9-23/h3-14,19,26-28,36H,2,15-18H2,1H3,(H2,31,32,37)(H,33,34,35). The van der Waals surface area contributed by atoms with Crippen LogP contribution in [0.15, 0.2) is 84.3 Å². The third-order valence-corrected chi connectivity index (χ3v) is 7.66. The van der Waals surface area contributed by atoms with Gasteiger partial charge in [-0.3, -0.25) is 5.10 Å². The van der Waals surface area contributed by atoms with E-state index in [-0.39, 0.29) is 24.8 Å². The molecule has 10 heteroatoms. The fraction of sp³-hybridized carbons (Fsp3) is 0.300. The van der Waals surface area contributed by atoms with Gasteiger partial charge in [-0.2, -0.15) is 5.10 Å². The lowest BCUT2D eigenvalue weighted by atomic mass is 9.99. The molecule has 1 aromatic heterocycles. The Labute approximate surface area is 237 Å². The molecule has 0 aliphatic carbocycles. The van der Waals surface area contributed by atoms with E-state index >= 15 is 0 Å². The molecule has 1 fully saturated rings. The van der Waals surface area contributed by atoms with Crippen molar-refractivity contribution < 1.29 is 19.4 Å². The van der Waals surface area contributed by atoms with Crippen LogP contribution in [0.2, 0.25) is 0 Å². The Morgan fingerprint density at radius 2 is 1.80 bits per heavy atom. The van der Waals surface area contributed by atoms with Crippen LogP contribution in [0.1, 0.15) is 48.0 Å². The summed E-state index contributed by atoms with van der Waals surface area (Å²) in [7, 11) is 0. The molecule has 1 saturated heterocycles. The molecule has 0 bridgehead atoms. The fourth-order valence-corrected chi connectivity index (χ4v) is 5.35. The van der Waals surface area contributed by atoms with Crippen molar-refractivity contribution in [3.63, 3.8) is 0 Å². The minimum absolute atomic E-state index is 0.00788. The fourth-order valence-electron chi connectivity index (χ4n) is 4.56. The molecule has 3 aromatic carbocycles. The number of aliphatic hydroxyl groups is 1. The van der Waals surface area contributed by atoms with Gasteiger partial charge in [-0.1, -0.05) is 78.5 Å². The number of aromatic nitrogens is 3. The van der Waals surface area contributed by atoms with Gasteiger partial charge in [-0.15, -0.1) is 0 Å². The Morgan fingerprint density at radius 1 is 1.00 bits per heavy atom. The second-order valence-electron chi connectivity index (χ2n) is 9.49. The maximum absolute atomic E-state index is 11.8. The molecule has 9 nitrogen and oxygen atoms in total. The number of benzene rings is 3. The number of aromatic amines is 1. The van der Waals surface area contributed by atoms with Gasteiger partial charge in [-0.25, -0.2) is 9.78 Å². The number of amides is 2. The number of ether oxygens (including phenoxy) is 2. The highest BCUT2D eigenvalue weighted by Gasteiger charge is 2.32. The van der Waals surface area contributed by atoms with E-state index in [2.05, 4.69) is 50.1 Å². The van der Waals surface area contributed by atoms with Crippen molar-refractivity contribution in [1.82, 2.24) is 25.8 Å². The number of thioether (sulfide) groups is 1. The molecule has 208 valence electrons. The van der Waals surface area contributed by atoms with E-state index in [9.17, 15) is 9.90 Å². The van der Waals surface area contributed by atoms with Gasteiger partial charge in [0.2, 0.25) is 0 Å². The summed E-state index contributed by atoms with van der Waals surface area (Å²) in [6, 6.07) is 24.0. The topological polar surface area (TPSA) is 121 Å². The second-order valence-corrected chi connectivity index (χ2v) is 10.5. The number of rotatable bonds is 10. The Kier molecular flexibility index (Phi) is 9.46. The molecular weight excluding hydrogens is 526 g/mol. The first-order valence-electron chi connectivity index (χ1n) is 13.3. The molecule has 40 heavy (non-hydrogen) atoms. The highest BCUT2D eigenvalue weighted by Crippen LogP contribution is 2.39. The first-order chi connectivity index (χ1) is 19.6. The molecule has 3 atom stereocenters. The Morgan fingerprint density at radius 3 is 2.52 bits per heavy atom. The van der Waals surface area contributed by atoms with Gasteiger partial charge in [0.15, 0.2) is 11.4 Å². The first-order valence-corrected chi connectivity index (χ1v) is 14.3. The van der Waals surface area contributed by atoms with Crippen molar-refractivity contribution in [1.29, 1.82) is 0 Å². The minimum Gasteiger partial charge on any atom is -0.392 e. The van der Waals surface area contributed by atoms with E-state index in [1.807, 2.05) is 55.5 Å². The third-order valence-electron chi connectivity index (χ3n) is 6.65. The summed E-state index contributed by atoms with van der Waals surface area (Å²) in [6.07, 6.45) is 1.45. The number of nitrogens with zero attached hydrogens (tertiary/aromatic N) is 2. The predicted octanol–water partition coefficient (Wildman–Crippen LogP) is 5.12. The molecule has 1 aliphatic heterocycles. The zero-order valence-corrected chi connectivity index (χ0v) is 23.1. The summed E-state index contributed by atoms with van der Waals surface area (Å²) in [5.41, 5.74) is 6.00. The van der Waals surface area contributed by atoms with E-state index in [1.54, 1.807) is 11.8 Å². The average Bonchev–Trinajstić information content (AvgIpc) is 3.53. The van der Waals surface area contributed by atoms with Crippen molar-refractivity contribution in [2.45, 2.75) is 50.2 Å². The van der Waals surface area contributed by atoms with E-state index in [0.717, 1.165) is 38.5 Å². The molecule has 0 spiro atoms. The summed E-state index contributed by atoms with van der Waals surface area (Å²) >= 11 is 1.57. The zero-order chi connectivity index (χ0) is 27.7. The monoisotopic (exact) mass is 559 g/mol. The Bertz CT molecular complexity index is 1370. The Hall–Kier alpha value is -3.70. The van der Waals surface area contributed by atoms with Crippen LogP contribution < -0.4 is 10.6 Å². The van der Waals surface area contributed by atoms with Crippen molar-refractivity contribution in [3.8, 4) is 11.1 Å². The predicted molar refractivity (Wildman–Crippen MR) is 153 cm³/mol. The van der Waals surface area contributed by atoms with Crippen LogP contribution in [0.25, 0.3) is 11.1 Å². The lowest BCUT2D eigenvalue weighted by Crippen LogP contribution is -2.34. The summed E-state index contributed by atoms with van der Waals surface area (Å²) < 4.78 is 12.9. The highest BCUT2D eigenvalue weighted by molar-refractivity contribution is 7.99. The Balaban J connectivity index is 1.30. The van der Waals surface area contributed by atoms with Gasteiger partial charge in [0, 0.05) is 30.8 Å². The second kappa shape index (κ2) is 13.6. The lowest BCUT2D eigenvalue weighted by molar-refractivity contribution is -0.245. The van der Waals surface area contributed by atoms with Gasteiger partial charge in [0.1, 0.15) is 6.33 Å². The quantitative estimate of drug-likeness (QED) is 0.199. The van der Waals surface area contributed by atoms with Crippen LogP contribution in [-0.2, 0) is 22.6 Å². The van der Waals surface area contributed by atoms with E-state index in [1.165, 1.54) is 6.33 Å². The normalized spacial score (nSPS) is 18.8. The smallest absolute Gasteiger partial charge is 0.315 e. The molecular formula is C30H33N5O4S. The number of H-pyrrole nitrogens is 1. The van der Waals surface area contributed by atoms with Gasteiger partial charge in [-0.05, 0) is 40.8 Å². The average molecular weight is 560 g/mol. The maximum Gasteiger partial charge on any atom is 0.315 e. The molecule has 4 aromatic rings. The van der Waals surface area contributed by atoms with E-state index in [4.69, 9.17) is 9.47 Å². The van der Waals surface area contributed by atoms with Crippen molar-refractivity contribution in [3.05, 3.63) is 101 Å². The highest BCUT2D eigenvalue weighted by atomic mass is 32.2. The maximum atomic E-state index is 11.8. The molecule has 5 rings (SSSR count). The number of hydrogen-bond donors (Lipinski definition) is 4. The van der Waals surface area contributed by atoms with E-state index in [0.29, 0.717) is 25.3 Å².